The minimum atomic E-state index is -0.808. The molecule has 6 nitrogen and oxygen atoms in total. The van der Waals surface area contributed by atoms with Crippen LogP contribution in [0.15, 0.2) is 85.1 Å². The molecule has 0 amide bonds. The van der Waals surface area contributed by atoms with E-state index in [0.717, 1.165) is 77.0 Å². The molecule has 6 heteroatoms. The summed E-state index contributed by atoms with van der Waals surface area (Å²) in [4.78, 5) is 38.3. The summed E-state index contributed by atoms with van der Waals surface area (Å²) in [6.07, 6.45) is 83.1. The third-order valence-corrected chi connectivity index (χ3v) is 13.9. The van der Waals surface area contributed by atoms with Crippen LogP contribution >= 0.6 is 0 Å². The van der Waals surface area contributed by atoms with E-state index in [9.17, 15) is 14.4 Å². The quantitative estimate of drug-likeness (QED) is 0.0261. The predicted octanol–water partition coefficient (Wildman–Crippen LogP) is 21.9. The fourth-order valence-corrected chi connectivity index (χ4v) is 9.11. The van der Waals surface area contributed by atoms with Crippen molar-refractivity contribution in [3.63, 3.8) is 0 Å². The summed E-state index contributed by atoms with van der Waals surface area (Å²) in [7, 11) is 0. The summed E-state index contributed by atoms with van der Waals surface area (Å²) in [5.41, 5.74) is 0. The van der Waals surface area contributed by atoms with Crippen LogP contribution in [0.2, 0.25) is 0 Å². The first kappa shape index (κ1) is 71.6. The van der Waals surface area contributed by atoms with Gasteiger partial charge in [-0.05, 0) is 83.5 Å². The minimum Gasteiger partial charge on any atom is -0.462 e. The summed E-state index contributed by atoms with van der Waals surface area (Å²) in [5, 5.41) is 0. The van der Waals surface area contributed by atoms with Gasteiger partial charge < -0.3 is 14.2 Å². The number of unbranched alkanes of at least 4 members (excludes halogenated alkanes) is 33. The third-order valence-electron chi connectivity index (χ3n) is 13.9. The lowest BCUT2D eigenvalue weighted by atomic mass is 10.0. The van der Waals surface area contributed by atoms with Crippen LogP contribution in [0, 0.1) is 0 Å². The molecule has 0 unspecified atom stereocenters. The smallest absolute Gasteiger partial charge is 0.306 e. The maximum absolute atomic E-state index is 12.9. The number of hydrogen-bond donors (Lipinski definition) is 0. The first-order chi connectivity index (χ1) is 37.0. The van der Waals surface area contributed by atoms with E-state index in [1.807, 2.05) is 6.08 Å². The van der Waals surface area contributed by atoms with Gasteiger partial charge in [0.15, 0.2) is 6.10 Å². The molecule has 0 bridgehead atoms. The van der Waals surface area contributed by atoms with Crippen molar-refractivity contribution in [3.05, 3.63) is 85.1 Å². The van der Waals surface area contributed by atoms with Gasteiger partial charge in [0.1, 0.15) is 13.2 Å². The van der Waals surface area contributed by atoms with Crippen LogP contribution in [0.25, 0.3) is 0 Å². The minimum absolute atomic E-state index is 0.0976. The summed E-state index contributed by atoms with van der Waals surface area (Å²) in [5.74, 6) is -0.973. The van der Waals surface area contributed by atoms with Gasteiger partial charge >= 0.3 is 17.9 Å². The highest BCUT2D eigenvalue weighted by Crippen LogP contribution is 2.17. The summed E-state index contributed by atoms with van der Waals surface area (Å²) in [6.45, 7) is 6.50. The average Bonchev–Trinajstić information content (AvgIpc) is 3.41. The summed E-state index contributed by atoms with van der Waals surface area (Å²) < 4.78 is 16.9. The summed E-state index contributed by atoms with van der Waals surface area (Å²) in [6, 6.07) is 0. The first-order valence-electron chi connectivity index (χ1n) is 32.1. The topological polar surface area (TPSA) is 78.9 Å². The van der Waals surface area contributed by atoms with Gasteiger partial charge in [-0.1, -0.05) is 298 Å². The number of allylic oxidation sites excluding steroid dienone is 14. The van der Waals surface area contributed by atoms with Gasteiger partial charge in [0, 0.05) is 19.3 Å². The van der Waals surface area contributed by atoms with E-state index >= 15 is 0 Å². The molecule has 0 saturated heterocycles. The van der Waals surface area contributed by atoms with Crippen LogP contribution in [0.3, 0.4) is 0 Å². The average molecular weight is 1050 g/mol. The largest absolute Gasteiger partial charge is 0.462 e. The Kier molecular flexibility index (Phi) is 60.3. The summed E-state index contributed by atoms with van der Waals surface area (Å²) >= 11 is 0. The second-order valence-corrected chi connectivity index (χ2v) is 21.3. The molecule has 0 fully saturated rings. The molecule has 0 aliphatic carbocycles. The van der Waals surface area contributed by atoms with E-state index < -0.39 is 6.10 Å². The fourth-order valence-electron chi connectivity index (χ4n) is 9.11. The molecule has 0 heterocycles. The van der Waals surface area contributed by atoms with Crippen LogP contribution in [-0.2, 0) is 28.6 Å². The lowest BCUT2D eigenvalue weighted by Gasteiger charge is -2.18. The lowest BCUT2D eigenvalue weighted by Crippen LogP contribution is -2.30. The molecule has 0 aromatic heterocycles. The van der Waals surface area contributed by atoms with Crippen molar-refractivity contribution in [2.75, 3.05) is 13.2 Å². The van der Waals surface area contributed by atoms with Crippen molar-refractivity contribution in [1.29, 1.82) is 0 Å². The van der Waals surface area contributed by atoms with Gasteiger partial charge in [0.05, 0.1) is 0 Å². The molecule has 432 valence electrons. The van der Waals surface area contributed by atoms with Crippen molar-refractivity contribution < 1.29 is 28.6 Å². The lowest BCUT2D eigenvalue weighted by molar-refractivity contribution is -0.166. The van der Waals surface area contributed by atoms with Crippen molar-refractivity contribution in [2.24, 2.45) is 0 Å². The number of carbonyl (C=O) groups is 3. The number of rotatable bonds is 58. The molecule has 0 saturated carbocycles. The molecule has 0 aliphatic heterocycles. The van der Waals surface area contributed by atoms with Gasteiger partial charge in [-0.3, -0.25) is 14.4 Å². The number of esters is 3. The molecule has 1 atom stereocenters. The Morgan fingerprint density at radius 1 is 0.280 bits per heavy atom. The van der Waals surface area contributed by atoms with Crippen LogP contribution in [0.4, 0.5) is 0 Å². The molecule has 0 aliphatic rings. The normalized spacial score (nSPS) is 12.6. The Hall–Kier alpha value is -3.41. The first-order valence-corrected chi connectivity index (χ1v) is 32.1. The number of carbonyl (C=O) groups excluding carboxylic acids is 3. The van der Waals surface area contributed by atoms with Crippen molar-refractivity contribution >= 4 is 17.9 Å². The van der Waals surface area contributed by atoms with Crippen LogP contribution in [-0.4, -0.2) is 37.2 Å². The van der Waals surface area contributed by atoms with Crippen LogP contribution < -0.4 is 0 Å². The van der Waals surface area contributed by atoms with E-state index in [4.69, 9.17) is 14.2 Å². The highest BCUT2D eigenvalue weighted by atomic mass is 16.6. The molecular formula is C69H120O6. The van der Waals surface area contributed by atoms with Crippen molar-refractivity contribution in [3.8, 4) is 0 Å². The van der Waals surface area contributed by atoms with Gasteiger partial charge in [0.2, 0.25) is 0 Å². The molecule has 0 radical (unpaired) electrons. The van der Waals surface area contributed by atoms with Crippen LogP contribution in [0.1, 0.15) is 316 Å². The van der Waals surface area contributed by atoms with E-state index in [-0.39, 0.29) is 37.5 Å². The van der Waals surface area contributed by atoms with Crippen LogP contribution in [0.5, 0.6) is 0 Å². The third kappa shape index (κ3) is 61.3. The molecule has 0 N–H and O–H groups in total. The zero-order chi connectivity index (χ0) is 54.3. The monoisotopic (exact) mass is 1040 g/mol. The number of hydrogen-bond acceptors (Lipinski definition) is 6. The van der Waals surface area contributed by atoms with E-state index in [1.165, 1.54) is 193 Å². The molecule has 0 aromatic rings. The Labute approximate surface area is 465 Å². The van der Waals surface area contributed by atoms with E-state index in [0.29, 0.717) is 19.3 Å². The maximum Gasteiger partial charge on any atom is 0.306 e. The molecule has 75 heavy (non-hydrogen) atoms. The Balaban J connectivity index is 4.46. The highest BCUT2D eigenvalue weighted by Gasteiger charge is 2.19. The molecular weight excluding hydrogens is 925 g/mol. The second kappa shape index (κ2) is 63.1. The second-order valence-electron chi connectivity index (χ2n) is 21.3. The molecule has 0 aromatic carbocycles. The number of ether oxygens (including phenoxy) is 3. The molecule has 0 rings (SSSR count). The Morgan fingerprint density at radius 3 is 0.893 bits per heavy atom. The zero-order valence-corrected chi connectivity index (χ0v) is 49.6. The zero-order valence-electron chi connectivity index (χ0n) is 49.6. The Bertz CT molecular complexity index is 1430. The Morgan fingerprint density at radius 2 is 0.547 bits per heavy atom. The predicted molar refractivity (Wildman–Crippen MR) is 325 cm³/mol. The van der Waals surface area contributed by atoms with Crippen molar-refractivity contribution in [2.45, 2.75) is 322 Å². The van der Waals surface area contributed by atoms with E-state index in [1.54, 1.807) is 0 Å². The standard InChI is InChI=1S/C69H120O6/c1-4-7-10-13-16-19-22-25-28-31-34-37-40-43-46-49-52-55-58-61-67(70)73-64-66(75-69(72)63-60-57-54-51-48-45-42-39-36-33-30-27-24-21-18-15-12-9-6-3)65-74-68(71)62-59-56-53-50-47-44-41-38-35-32-29-26-23-20-17-14-11-8-5-2/h7,10,16,19,25,27-28,30,34,37,43,46,52,55,66H,4-6,8-9,11-15,17-18,20-24,26,29,31-33,35-36,38-42,44-45,47-51,53-54,56-65H2,1-3H3/b10-7+,19-16+,28-25+,30-27+,37-34+,46-43+,55-52+/t66-/m0/s1. The highest BCUT2D eigenvalue weighted by molar-refractivity contribution is 5.71. The van der Waals surface area contributed by atoms with Gasteiger partial charge in [-0.2, -0.15) is 0 Å². The van der Waals surface area contributed by atoms with E-state index in [2.05, 4.69) is 99.8 Å². The fraction of sp³-hybridized carbons (Fsp3) is 0.754. The SMILES string of the molecule is CC/C=C/C/C=C/C/C=C/C/C=C/C/C=C/C/C=C/CCC(=O)OC[C@@H](COC(=O)CCCCCCCCCCCCCCCCCCCCC)OC(=O)CCCCCCCCCCC/C=C/CCCCCCCC. The maximum atomic E-state index is 12.9. The van der Waals surface area contributed by atoms with Gasteiger partial charge in [0.25, 0.3) is 0 Å². The molecule has 0 spiro atoms. The van der Waals surface area contributed by atoms with Gasteiger partial charge in [-0.15, -0.1) is 0 Å². The van der Waals surface area contributed by atoms with Gasteiger partial charge in [-0.25, -0.2) is 0 Å². The van der Waals surface area contributed by atoms with Crippen molar-refractivity contribution in [1.82, 2.24) is 0 Å².